The van der Waals surface area contributed by atoms with Crippen LogP contribution in [0, 0.1) is 12.3 Å². The van der Waals surface area contributed by atoms with Crippen LogP contribution in [0.3, 0.4) is 0 Å². The first-order chi connectivity index (χ1) is 19.7. The Hall–Kier alpha value is -3.95. The lowest BCUT2D eigenvalue weighted by molar-refractivity contribution is -0.117. The second-order valence-corrected chi connectivity index (χ2v) is 12.3. The maximum absolute atomic E-state index is 13.8. The Labute approximate surface area is 248 Å². The molecule has 0 saturated heterocycles. The van der Waals surface area contributed by atoms with Gasteiger partial charge in [0.1, 0.15) is 6.29 Å². The van der Waals surface area contributed by atoms with Crippen molar-refractivity contribution in [3.05, 3.63) is 130 Å². The third-order valence-electron chi connectivity index (χ3n) is 8.18. The third-order valence-corrected chi connectivity index (χ3v) is 8.42. The minimum absolute atomic E-state index is 0.0636. The molecule has 208 valence electrons. The van der Waals surface area contributed by atoms with Crippen molar-refractivity contribution < 1.29 is 9.59 Å². The fourth-order valence-corrected chi connectivity index (χ4v) is 5.74. The number of rotatable bonds is 8. The molecular formula is C37H36ClNO2. The monoisotopic (exact) mass is 561 g/mol. The molecule has 0 bridgehead atoms. The number of carbonyl (C=O) groups excluding carboxylic acids is 2. The molecule has 1 amide bonds. The minimum atomic E-state index is -0.386. The average Bonchev–Trinajstić information content (AvgIpc) is 2.97. The van der Waals surface area contributed by atoms with Gasteiger partial charge in [0.05, 0.1) is 5.92 Å². The standard InChI is InChI=1S/C37H36ClNO2/c1-25-22-32(38)14-17-34(25)30-12-15-33(16-13-30)39-36(41)35(23-26-4-6-27(24-40)7-5-26)31-10-8-28(9-11-31)29-18-20-37(2,3)21-19-29/h4-18,22,24,35H,19-21,23H2,1-3H3,(H,39,41). The van der Waals surface area contributed by atoms with Crippen LogP contribution in [0.1, 0.15) is 71.6 Å². The molecule has 0 aromatic heterocycles. The van der Waals surface area contributed by atoms with Crippen LogP contribution in [0.15, 0.2) is 97.1 Å². The zero-order valence-electron chi connectivity index (χ0n) is 23.9. The van der Waals surface area contributed by atoms with Gasteiger partial charge in [-0.2, -0.15) is 0 Å². The molecule has 41 heavy (non-hydrogen) atoms. The lowest BCUT2D eigenvalue weighted by Crippen LogP contribution is -2.23. The largest absolute Gasteiger partial charge is 0.326 e. The predicted molar refractivity (Wildman–Crippen MR) is 171 cm³/mol. The van der Waals surface area contributed by atoms with Crippen LogP contribution in [0.2, 0.25) is 5.02 Å². The van der Waals surface area contributed by atoms with Crippen LogP contribution in [0.4, 0.5) is 5.69 Å². The molecular weight excluding hydrogens is 526 g/mol. The Morgan fingerprint density at radius 2 is 1.61 bits per heavy atom. The topological polar surface area (TPSA) is 46.2 Å². The molecule has 1 unspecified atom stereocenters. The highest BCUT2D eigenvalue weighted by Crippen LogP contribution is 2.38. The first-order valence-corrected chi connectivity index (χ1v) is 14.6. The first kappa shape index (κ1) is 28.6. The Kier molecular flexibility index (Phi) is 8.56. The quantitative estimate of drug-likeness (QED) is 0.218. The second-order valence-electron chi connectivity index (χ2n) is 11.9. The van der Waals surface area contributed by atoms with Crippen molar-refractivity contribution in [3.63, 3.8) is 0 Å². The van der Waals surface area contributed by atoms with Crippen LogP contribution >= 0.6 is 11.6 Å². The molecule has 5 rings (SSSR count). The highest BCUT2D eigenvalue weighted by atomic mass is 35.5. The fourth-order valence-electron chi connectivity index (χ4n) is 5.51. The first-order valence-electron chi connectivity index (χ1n) is 14.2. The van der Waals surface area contributed by atoms with Gasteiger partial charge in [0.2, 0.25) is 5.91 Å². The molecule has 3 nitrogen and oxygen atoms in total. The Morgan fingerprint density at radius 1 is 0.927 bits per heavy atom. The number of carbonyl (C=O) groups is 2. The molecule has 1 N–H and O–H groups in total. The van der Waals surface area contributed by atoms with Crippen LogP contribution in [-0.4, -0.2) is 12.2 Å². The van der Waals surface area contributed by atoms with Gasteiger partial charge in [-0.25, -0.2) is 0 Å². The molecule has 0 spiro atoms. The zero-order chi connectivity index (χ0) is 29.0. The van der Waals surface area contributed by atoms with Crippen molar-refractivity contribution in [2.45, 2.75) is 52.4 Å². The van der Waals surface area contributed by atoms with Gasteiger partial charge in [0, 0.05) is 16.3 Å². The van der Waals surface area contributed by atoms with Gasteiger partial charge in [0.25, 0.3) is 0 Å². The van der Waals surface area contributed by atoms with E-state index in [9.17, 15) is 9.59 Å². The summed E-state index contributed by atoms with van der Waals surface area (Å²) in [5.74, 6) is -0.449. The fraction of sp³-hybridized carbons (Fsp3) is 0.243. The lowest BCUT2D eigenvalue weighted by atomic mass is 9.77. The van der Waals surface area contributed by atoms with Crippen molar-refractivity contribution in [2.75, 3.05) is 5.32 Å². The SMILES string of the molecule is Cc1cc(Cl)ccc1-c1ccc(NC(=O)C(Cc2ccc(C=O)cc2)c2ccc(C3=CCC(C)(C)CC3)cc2)cc1. The molecule has 4 aromatic rings. The van der Waals surface area contributed by atoms with Crippen LogP contribution < -0.4 is 5.32 Å². The van der Waals surface area contributed by atoms with Gasteiger partial charge in [0.15, 0.2) is 0 Å². The van der Waals surface area contributed by atoms with E-state index in [2.05, 4.69) is 49.5 Å². The number of halogens is 1. The highest BCUT2D eigenvalue weighted by Gasteiger charge is 2.24. The molecule has 1 aliphatic rings. The predicted octanol–water partition coefficient (Wildman–Crippen LogP) is 9.69. The molecule has 1 aliphatic carbocycles. The summed E-state index contributed by atoms with van der Waals surface area (Å²) in [7, 11) is 0. The van der Waals surface area contributed by atoms with E-state index >= 15 is 0 Å². The molecule has 0 fully saturated rings. The summed E-state index contributed by atoms with van der Waals surface area (Å²) in [5.41, 5.74) is 9.60. The number of aryl methyl sites for hydroxylation is 1. The third kappa shape index (κ3) is 7.04. The second kappa shape index (κ2) is 12.3. The van der Waals surface area contributed by atoms with Crippen LogP contribution in [-0.2, 0) is 11.2 Å². The van der Waals surface area contributed by atoms with E-state index in [1.165, 1.54) is 17.6 Å². The number of hydrogen-bond donors (Lipinski definition) is 1. The van der Waals surface area contributed by atoms with Crippen molar-refractivity contribution in [1.82, 2.24) is 0 Å². The number of allylic oxidation sites excluding steroid dienone is 2. The van der Waals surface area contributed by atoms with E-state index in [4.69, 9.17) is 11.6 Å². The number of amides is 1. The Balaban J connectivity index is 1.37. The molecule has 0 radical (unpaired) electrons. The minimum Gasteiger partial charge on any atom is -0.326 e. The van der Waals surface area contributed by atoms with Crippen LogP contribution in [0.5, 0.6) is 0 Å². The van der Waals surface area contributed by atoms with E-state index in [1.54, 1.807) is 12.1 Å². The number of nitrogens with one attached hydrogen (secondary N) is 1. The smallest absolute Gasteiger partial charge is 0.232 e. The van der Waals surface area contributed by atoms with Gasteiger partial charge in [-0.05, 0) is 101 Å². The normalized spacial score (nSPS) is 15.1. The number of anilines is 1. The Bertz CT molecular complexity index is 1570. The summed E-state index contributed by atoms with van der Waals surface area (Å²) >= 11 is 6.13. The average molecular weight is 562 g/mol. The molecule has 4 aromatic carbocycles. The molecule has 1 atom stereocenters. The van der Waals surface area contributed by atoms with Crippen molar-refractivity contribution in [1.29, 1.82) is 0 Å². The zero-order valence-corrected chi connectivity index (χ0v) is 24.7. The van der Waals surface area contributed by atoms with Gasteiger partial charge >= 0.3 is 0 Å². The molecule has 0 heterocycles. The van der Waals surface area contributed by atoms with Crippen molar-refractivity contribution in [2.24, 2.45) is 5.41 Å². The van der Waals surface area contributed by atoms with E-state index in [-0.39, 0.29) is 11.8 Å². The summed E-state index contributed by atoms with van der Waals surface area (Å²) in [4.78, 5) is 24.9. The summed E-state index contributed by atoms with van der Waals surface area (Å²) < 4.78 is 0. The number of benzene rings is 4. The summed E-state index contributed by atoms with van der Waals surface area (Å²) in [6.45, 7) is 6.68. The van der Waals surface area contributed by atoms with E-state index < -0.39 is 0 Å². The maximum Gasteiger partial charge on any atom is 0.232 e. The van der Waals surface area contributed by atoms with E-state index in [0.29, 0.717) is 17.4 Å². The van der Waals surface area contributed by atoms with Gasteiger partial charge in [-0.1, -0.05) is 98.3 Å². The Morgan fingerprint density at radius 3 is 2.22 bits per heavy atom. The molecule has 0 saturated carbocycles. The number of hydrogen-bond acceptors (Lipinski definition) is 2. The number of aldehydes is 1. The lowest BCUT2D eigenvalue weighted by Gasteiger charge is -2.28. The highest BCUT2D eigenvalue weighted by molar-refractivity contribution is 6.30. The molecule has 4 heteroatoms. The van der Waals surface area contributed by atoms with Crippen LogP contribution in [0.25, 0.3) is 16.7 Å². The van der Waals surface area contributed by atoms with Crippen molar-refractivity contribution in [3.8, 4) is 11.1 Å². The van der Waals surface area contributed by atoms with Gasteiger partial charge in [-0.3, -0.25) is 9.59 Å². The summed E-state index contributed by atoms with van der Waals surface area (Å²) in [6.07, 6.45) is 7.07. The van der Waals surface area contributed by atoms with Crippen molar-refractivity contribution >= 4 is 35.1 Å². The summed E-state index contributed by atoms with van der Waals surface area (Å²) in [5, 5.41) is 3.86. The van der Waals surface area contributed by atoms with E-state index in [1.807, 2.05) is 61.5 Å². The summed E-state index contributed by atoms with van der Waals surface area (Å²) in [6, 6.07) is 29.7. The molecule has 0 aliphatic heterocycles. The van der Waals surface area contributed by atoms with Gasteiger partial charge in [-0.15, -0.1) is 0 Å². The maximum atomic E-state index is 13.8. The van der Waals surface area contributed by atoms with Gasteiger partial charge < -0.3 is 5.32 Å². The van der Waals surface area contributed by atoms with E-state index in [0.717, 1.165) is 57.7 Å².